The molecule has 146 valence electrons. The number of fused-ring (bicyclic) bond motifs is 1. The van der Waals surface area contributed by atoms with Crippen LogP contribution in [0.1, 0.15) is 60.4 Å². The van der Waals surface area contributed by atoms with E-state index in [1.54, 1.807) is 24.3 Å². The molecular formula is C25H27ClO2. The van der Waals surface area contributed by atoms with Crippen LogP contribution in [0, 0.1) is 17.8 Å². The Labute approximate surface area is 172 Å². The molecule has 0 radical (unpaired) electrons. The fourth-order valence-electron chi connectivity index (χ4n) is 5.00. The third kappa shape index (κ3) is 4.33. The summed E-state index contributed by atoms with van der Waals surface area (Å²) < 4.78 is 5.43. The molecule has 0 aliphatic heterocycles. The Balaban J connectivity index is 1.37. The zero-order valence-electron chi connectivity index (χ0n) is 16.1. The van der Waals surface area contributed by atoms with Crippen molar-refractivity contribution in [2.45, 2.75) is 44.4 Å². The molecule has 2 saturated carbocycles. The molecule has 3 heteroatoms. The van der Waals surface area contributed by atoms with Crippen molar-refractivity contribution < 1.29 is 9.53 Å². The van der Waals surface area contributed by atoms with E-state index in [1.165, 1.54) is 44.1 Å². The average Bonchev–Trinajstić information content (AvgIpc) is 2.74. The normalized spacial score (nSPS) is 26.9. The molecule has 2 fully saturated rings. The zero-order valence-corrected chi connectivity index (χ0v) is 16.9. The van der Waals surface area contributed by atoms with Gasteiger partial charge in [0.15, 0.2) is 0 Å². The van der Waals surface area contributed by atoms with Crippen molar-refractivity contribution >= 4 is 17.6 Å². The molecule has 2 aliphatic carbocycles. The first-order chi connectivity index (χ1) is 13.6. The van der Waals surface area contributed by atoms with Crippen LogP contribution < -0.4 is 4.74 Å². The van der Waals surface area contributed by atoms with Gasteiger partial charge >= 0.3 is 5.97 Å². The Kier molecular flexibility index (Phi) is 5.87. The maximum Gasteiger partial charge on any atom is 0.343 e. The number of benzene rings is 2. The summed E-state index contributed by atoms with van der Waals surface area (Å²) in [7, 11) is 0. The number of carbonyl (C=O) groups excluding carboxylic acids is 1. The lowest BCUT2D eigenvalue weighted by Gasteiger charge is -2.41. The van der Waals surface area contributed by atoms with Crippen LogP contribution in [0.25, 0.3) is 0 Å². The van der Waals surface area contributed by atoms with Gasteiger partial charge in [-0.1, -0.05) is 29.8 Å². The van der Waals surface area contributed by atoms with Gasteiger partial charge in [0.25, 0.3) is 0 Å². The number of esters is 1. The van der Waals surface area contributed by atoms with Gasteiger partial charge in [0.05, 0.1) is 5.56 Å². The molecule has 2 aromatic rings. The molecule has 0 heterocycles. The third-order valence-electron chi connectivity index (χ3n) is 6.63. The van der Waals surface area contributed by atoms with Gasteiger partial charge in [-0.2, -0.15) is 0 Å². The summed E-state index contributed by atoms with van der Waals surface area (Å²) in [4.78, 5) is 12.4. The van der Waals surface area contributed by atoms with Crippen molar-refractivity contribution in [2.75, 3.05) is 0 Å². The van der Waals surface area contributed by atoms with Crippen LogP contribution in [0.5, 0.6) is 5.75 Å². The zero-order chi connectivity index (χ0) is 19.5. The summed E-state index contributed by atoms with van der Waals surface area (Å²) in [5.74, 6) is 3.24. The lowest BCUT2D eigenvalue weighted by molar-refractivity contribution is 0.0734. The molecule has 28 heavy (non-hydrogen) atoms. The molecule has 0 saturated heterocycles. The summed E-state index contributed by atoms with van der Waals surface area (Å²) in [6.07, 6.45) is 9.97. The highest BCUT2D eigenvalue weighted by Gasteiger charge is 2.35. The SMILES string of the molecule is C=CC1CCC2CC(c3ccc(C(=O)Oc4ccc(Cl)cc4)cc3)CCC2C1. The topological polar surface area (TPSA) is 26.3 Å². The lowest BCUT2D eigenvalue weighted by atomic mass is 9.64. The summed E-state index contributed by atoms with van der Waals surface area (Å²) in [5.41, 5.74) is 1.94. The second-order valence-electron chi connectivity index (χ2n) is 8.30. The highest BCUT2D eigenvalue weighted by Crippen LogP contribution is 2.47. The summed E-state index contributed by atoms with van der Waals surface area (Å²) in [6.45, 7) is 3.99. The minimum Gasteiger partial charge on any atom is -0.423 e. The van der Waals surface area contributed by atoms with Crippen LogP contribution in [-0.2, 0) is 0 Å². The molecule has 0 N–H and O–H groups in total. The van der Waals surface area contributed by atoms with E-state index in [2.05, 4.69) is 24.8 Å². The highest BCUT2D eigenvalue weighted by atomic mass is 35.5. The predicted octanol–water partition coefficient (Wildman–Crippen LogP) is 7.05. The maximum absolute atomic E-state index is 12.4. The van der Waals surface area contributed by atoms with E-state index in [-0.39, 0.29) is 5.97 Å². The molecule has 4 unspecified atom stereocenters. The van der Waals surface area contributed by atoms with E-state index in [1.807, 2.05) is 12.1 Å². The van der Waals surface area contributed by atoms with Crippen LogP contribution in [-0.4, -0.2) is 5.97 Å². The first-order valence-corrected chi connectivity index (χ1v) is 10.7. The largest absolute Gasteiger partial charge is 0.423 e. The lowest BCUT2D eigenvalue weighted by Crippen LogP contribution is -2.29. The van der Waals surface area contributed by atoms with Gasteiger partial charge in [-0.3, -0.25) is 0 Å². The highest BCUT2D eigenvalue weighted by molar-refractivity contribution is 6.30. The fraction of sp³-hybridized carbons (Fsp3) is 0.400. The van der Waals surface area contributed by atoms with Crippen molar-refractivity contribution in [1.29, 1.82) is 0 Å². The van der Waals surface area contributed by atoms with E-state index >= 15 is 0 Å². The Morgan fingerprint density at radius 3 is 2.32 bits per heavy atom. The molecule has 2 aliphatic rings. The predicted molar refractivity (Wildman–Crippen MR) is 114 cm³/mol. The van der Waals surface area contributed by atoms with E-state index in [0.717, 1.165) is 17.8 Å². The second kappa shape index (κ2) is 8.53. The molecule has 0 bridgehead atoms. The van der Waals surface area contributed by atoms with Crippen LogP contribution in [0.2, 0.25) is 5.02 Å². The molecule has 2 nitrogen and oxygen atoms in total. The van der Waals surface area contributed by atoms with Gasteiger partial charge in [-0.25, -0.2) is 4.79 Å². The van der Waals surface area contributed by atoms with Crippen LogP contribution in [0.15, 0.2) is 61.2 Å². The van der Waals surface area contributed by atoms with Gasteiger partial charge in [0.2, 0.25) is 0 Å². The second-order valence-corrected chi connectivity index (χ2v) is 8.74. The monoisotopic (exact) mass is 394 g/mol. The summed E-state index contributed by atoms with van der Waals surface area (Å²) in [5, 5.41) is 0.622. The van der Waals surface area contributed by atoms with E-state index < -0.39 is 0 Å². The summed E-state index contributed by atoms with van der Waals surface area (Å²) >= 11 is 5.87. The molecule has 0 amide bonds. The standard InChI is InChI=1S/C25H27ClO2/c1-2-17-3-4-22-16-21(10-9-20(22)15-17)18-5-7-19(8-6-18)25(27)28-24-13-11-23(26)12-14-24/h2,5-8,11-14,17,20-22H,1,3-4,9-10,15-16H2. The van der Waals surface area contributed by atoms with Crippen molar-refractivity contribution in [3.63, 3.8) is 0 Å². The first kappa shape index (κ1) is 19.3. The number of halogens is 1. The molecule has 2 aromatic carbocycles. The van der Waals surface area contributed by atoms with E-state index in [0.29, 0.717) is 22.3 Å². The van der Waals surface area contributed by atoms with Gasteiger partial charge in [-0.15, -0.1) is 6.58 Å². The number of rotatable bonds is 4. The van der Waals surface area contributed by atoms with E-state index in [9.17, 15) is 4.79 Å². The number of hydrogen-bond donors (Lipinski definition) is 0. The fourth-order valence-corrected chi connectivity index (χ4v) is 5.13. The Morgan fingerprint density at radius 2 is 1.61 bits per heavy atom. The smallest absolute Gasteiger partial charge is 0.343 e. The maximum atomic E-state index is 12.4. The number of allylic oxidation sites excluding steroid dienone is 1. The minimum absolute atomic E-state index is 0.333. The molecule has 0 aromatic heterocycles. The Hall–Kier alpha value is -2.06. The van der Waals surface area contributed by atoms with Crippen LogP contribution >= 0.6 is 11.6 Å². The van der Waals surface area contributed by atoms with Crippen molar-refractivity contribution in [2.24, 2.45) is 17.8 Å². The quantitative estimate of drug-likeness (QED) is 0.315. The van der Waals surface area contributed by atoms with Crippen molar-refractivity contribution in [3.05, 3.63) is 77.3 Å². The minimum atomic E-state index is -0.333. The van der Waals surface area contributed by atoms with Gasteiger partial charge in [0, 0.05) is 5.02 Å². The van der Waals surface area contributed by atoms with Gasteiger partial charge < -0.3 is 4.74 Å². The van der Waals surface area contributed by atoms with Crippen molar-refractivity contribution in [1.82, 2.24) is 0 Å². The molecule has 4 atom stereocenters. The molecule has 0 spiro atoms. The summed E-state index contributed by atoms with van der Waals surface area (Å²) in [6, 6.07) is 14.8. The van der Waals surface area contributed by atoms with Crippen molar-refractivity contribution in [3.8, 4) is 5.75 Å². The van der Waals surface area contributed by atoms with Gasteiger partial charge in [0.1, 0.15) is 5.75 Å². The van der Waals surface area contributed by atoms with E-state index in [4.69, 9.17) is 16.3 Å². The number of hydrogen-bond acceptors (Lipinski definition) is 2. The van der Waals surface area contributed by atoms with Crippen LogP contribution in [0.4, 0.5) is 0 Å². The average molecular weight is 395 g/mol. The Bertz CT molecular complexity index is 825. The van der Waals surface area contributed by atoms with Crippen LogP contribution in [0.3, 0.4) is 0 Å². The molecular weight excluding hydrogens is 368 g/mol. The number of ether oxygens (including phenoxy) is 1. The Morgan fingerprint density at radius 1 is 0.929 bits per heavy atom. The molecule has 4 rings (SSSR count). The third-order valence-corrected chi connectivity index (χ3v) is 6.88. The number of carbonyl (C=O) groups is 1. The first-order valence-electron chi connectivity index (χ1n) is 10.3. The van der Waals surface area contributed by atoms with Gasteiger partial charge in [-0.05, 0) is 104 Å².